The normalized spacial score (nSPS) is 21.4. The van der Waals surface area contributed by atoms with E-state index in [-0.39, 0.29) is 30.1 Å². The molecule has 2 heterocycles. The lowest BCUT2D eigenvalue weighted by molar-refractivity contribution is -0.124. The van der Waals surface area contributed by atoms with E-state index in [1.807, 2.05) is 6.07 Å². The van der Waals surface area contributed by atoms with Gasteiger partial charge in [-0.2, -0.15) is 0 Å². The van der Waals surface area contributed by atoms with Crippen LogP contribution in [-0.4, -0.2) is 40.0 Å². The van der Waals surface area contributed by atoms with Crippen LogP contribution in [0.4, 0.5) is 4.79 Å². The van der Waals surface area contributed by atoms with Gasteiger partial charge in [0.15, 0.2) is 0 Å². The van der Waals surface area contributed by atoms with Crippen LogP contribution in [0, 0.1) is 5.92 Å². The van der Waals surface area contributed by atoms with Crippen molar-refractivity contribution in [3.8, 4) is 0 Å². The lowest BCUT2D eigenvalue weighted by Gasteiger charge is -2.13. The molecule has 25 heavy (non-hydrogen) atoms. The van der Waals surface area contributed by atoms with Crippen molar-refractivity contribution in [3.05, 3.63) is 47.1 Å². The van der Waals surface area contributed by atoms with Crippen LogP contribution in [0.5, 0.6) is 0 Å². The van der Waals surface area contributed by atoms with Gasteiger partial charge in [-0.3, -0.25) is 24.3 Å². The monoisotopic (exact) mass is 357 g/mol. The van der Waals surface area contributed by atoms with Gasteiger partial charge in [0.25, 0.3) is 11.1 Å². The maximum absolute atomic E-state index is 12.3. The van der Waals surface area contributed by atoms with Crippen LogP contribution in [0.25, 0.3) is 6.08 Å². The Balaban J connectivity index is 1.50. The van der Waals surface area contributed by atoms with Crippen molar-refractivity contribution in [1.82, 2.24) is 15.2 Å². The zero-order valence-corrected chi connectivity index (χ0v) is 14.5. The summed E-state index contributed by atoms with van der Waals surface area (Å²) in [5, 5.41) is 2.47. The van der Waals surface area contributed by atoms with Gasteiger partial charge < -0.3 is 5.32 Å². The summed E-state index contributed by atoms with van der Waals surface area (Å²) in [5.41, 5.74) is 0.769. The summed E-state index contributed by atoms with van der Waals surface area (Å²) in [6.07, 6.45) is 11.6. The number of amides is 3. The average Bonchev–Trinajstić information content (AvgIpc) is 3.19. The number of rotatable bonds is 6. The van der Waals surface area contributed by atoms with Gasteiger partial charge in [-0.1, -0.05) is 18.2 Å². The van der Waals surface area contributed by atoms with Crippen molar-refractivity contribution >= 4 is 34.9 Å². The molecule has 0 bridgehead atoms. The van der Waals surface area contributed by atoms with Crippen molar-refractivity contribution in [3.63, 3.8) is 0 Å². The largest absolute Gasteiger partial charge is 0.354 e. The quantitative estimate of drug-likeness (QED) is 0.625. The molecule has 1 atom stereocenters. The van der Waals surface area contributed by atoms with Crippen molar-refractivity contribution in [2.24, 2.45) is 5.92 Å². The van der Waals surface area contributed by atoms with Gasteiger partial charge in [-0.15, -0.1) is 0 Å². The fraction of sp³-hybridized carbons (Fsp3) is 0.333. The number of nitrogens with zero attached hydrogens (tertiary/aromatic N) is 2. The number of pyridine rings is 1. The number of imide groups is 1. The van der Waals surface area contributed by atoms with Crippen molar-refractivity contribution in [2.45, 2.75) is 19.3 Å². The fourth-order valence-electron chi connectivity index (χ4n) is 2.79. The highest BCUT2D eigenvalue weighted by atomic mass is 32.2. The smallest absolute Gasteiger partial charge is 0.293 e. The Hall–Kier alpha value is -2.41. The Morgan fingerprint density at radius 2 is 2.32 bits per heavy atom. The second kappa shape index (κ2) is 8.11. The summed E-state index contributed by atoms with van der Waals surface area (Å²) >= 11 is 0.911. The minimum absolute atomic E-state index is 0.0468. The molecular weight excluding hydrogens is 338 g/mol. The minimum atomic E-state index is -0.327. The molecule has 0 aromatic carbocycles. The van der Waals surface area contributed by atoms with Crippen LogP contribution in [-0.2, 0) is 9.59 Å². The zero-order valence-electron chi connectivity index (χ0n) is 13.7. The molecule has 6 nitrogen and oxygen atoms in total. The summed E-state index contributed by atoms with van der Waals surface area (Å²) in [6, 6.07) is 3.59. The molecule has 0 spiro atoms. The Morgan fingerprint density at radius 3 is 3.04 bits per heavy atom. The molecule has 3 amide bonds. The van der Waals surface area contributed by atoms with E-state index >= 15 is 0 Å². The number of allylic oxidation sites excluding steroid dienone is 2. The maximum atomic E-state index is 12.3. The van der Waals surface area contributed by atoms with Gasteiger partial charge in [-0.25, -0.2) is 0 Å². The summed E-state index contributed by atoms with van der Waals surface area (Å²) in [4.78, 5) is 41.8. The van der Waals surface area contributed by atoms with E-state index in [1.54, 1.807) is 24.5 Å². The number of carbonyl (C=O) groups excluding carboxylic acids is 3. The third kappa shape index (κ3) is 4.57. The molecule has 3 rings (SSSR count). The molecule has 2 aliphatic rings. The van der Waals surface area contributed by atoms with E-state index < -0.39 is 0 Å². The van der Waals surface area contributed by atoms with E-state index in [0.29, 0.717) is 17.2 Å². The molecule has 0 saturated carbocycles. The highest BCUT2D eigenvalue weighted by Gasteiger charge is 2.34. The molecule has 1 aromatic rings. The summed E-state index contributed by atoms with van der Waals surface area (Å²) in [7, 11) is 0. The van der Waals surface area contributed by atoms with E-state index in [4.69, 9.17) is 0 Å². The molecule has 0 radical (unpaired) electrons. The van der Waals surface area contributed by atoms with Gasteiger partial charge in [0.1, 0.15) is 0 Å². The molecule has 130 valence electrons. The predicted octanol–water partition coefficient (Wildman–Crippen LogP) is 2.59. The highest BCUT2D eigenvalue weighted by Crippen LogP contribution is 2.31. The first-order valence-corrected chi connectivity index (χ1v) is 9.04. The lowest BCUT2D eigenvalue weighted by atomic mass is 10.1. The molecule has 1 aliphatic heterocycles. The molecule has 1 aromatic heterocycles. The third-order valence-corrected chi connectivity index (χ3v) is 4.98. The van der Waals surface area contributed by atoms with Crippen LogP contribution in [0.1, 0.15) is 24.8 Å². The summed E-state index contributed by atoms with van der Waals surface area (Å²) in [6.45, 7) is 0.453. The Labute approximate surface area is 150 Å². The molecule has 1 saturated heterocycles. The second-order valence-electron chi connectivity index (χ2n) is 5.94. The molecule has 1 fully saturated rings. The summed E-state index contributed by atoms with van der Waals surface area (Å²) < 4.78 is 0. The number of aromatic nitrogens is 1. The maximum Gasteiger partial charge on any atom is 0.293 e. The van der Waals surface area contributed by atoms with Gasteiger partial charge >= 0.3 is 0 Å². The van der Waals surface area contributed by atoms with E-state index in [0.717, 1.165) is 30.2 Å². The first-order chi connectivity index (χ1) is 12.1. The molecule has 1 aliphatic carbocycles. The Morgan fingerprint density at radius 1 is 1.44 bits per heavy atom. The predicted molar refractivity (Wildman–Crippen MR) is 96.4 cm³/mol. The zero-order chi connectivity index (χ0) is 17.6. The first kappa shape index (κ1) is 17.4. The Bertz CT molecular complexity index is 730. The van der Waals surface area contributed by atoms with Crippen LogP contribution in [0.3, 0.4) is 0 Å². The molecule has 7 heteroatoms. The number of thioether (sulfide) groups is 1. The van der Waals surface area contributed by atoms with Gasteiger partial charge in [0.05, 0.1) is 4.91 Å². The highest BCUT2D eigenvalue weighted by molar-refractivity contribution is 8.18. The standard InChI is InChI=1S/C18H19N3O3S/c22-16(11-13-4-1-2-5-13)20-8-9-21-17(23)15(25-18(21)24)10-14-6-3-7-19-12-14/h1,3-4,6-7,10,12-13H,2,5,8-9,11H2,(H,20,22). The van der Waals surface area contributed by atoms with Crippen LogP contribution in [0.15, 0.2) is 41.6 Å². The SMILES string of the molecule is O=C(CC1C=CCC1)NCCN1C(=O)SC(=Cc2cccnc2)C1=O. The first-order valence-electron chi connectivity index (χ1n) is 8.22. The van der Waals surface area contributed by atoms with Crippen molar-refractivity contribution < 1.29 is 14.4 Å². The van der Waals surface area contributed by atoms with Crippen molar-refractivity contribution in [2.75, 3.05) is 13.1 Å². The van der Waals surface area contributed by atoms with Gasteiger partial charge in [0, 0.05) is 31.9 Å². The molecular formula is C18H19N3O3S. The van der Waals surface area contributed by atoms with E-state index in [2.05, 4.69) is 22.5 Å². The number of nitrogens with one attached hydrogen (secondary N) is 1. The van der Waals surface area contributed by atoms with Crippen molar-refractivity contribution in [1.29, 1.82) is 0 Å². The van der Waals surface area contributed by atoms with Crippen LogP contribution < -0.4 is 5.32 Å². The molecule has 1 N–H and O–H groups in total. The second-order valence-corrected chi connectivity index (χ2v) is 6.93. The van der Waals surface area contributed by atoms with E-state index in [1.165, 1.54) is 4.90 Å². The van der Waals surface area contributed by atoms with E-state index in [9.17, 15) is 14.4 Å². The Kier molecular flexibility index (Phi) is 5.65. The lowest BCUT2D eigenvalue weighted by Crippen LogP contribution is -2.37. The number of carbonyl (C=O) groups is 3. The van der Waals surface area contributed by atoms with Gasteiger partial charge in [0.2, 0.25) is 5.91 Å². The topological polar surface area (TPSA) is 79.4 Å². The van der Waals surface area contributed by atoms with Gasteiger partial charge in [-0.05, 0) is 48.2 Å². The van der Waals surface area contributed by atoms with Crippen LogP contribution >= 0.6 is 11.8 Å². The molecule has 1 unspecified atom stereocenters. The van der Waals surface area contributed by atoms with Crippen LogP contribution in [0.2, 0.25) is 0 Å². The fourth-order valence-corrected chi connectivity index (χ4v) is 3.65. The summed E-state index contributed by atoms with van der Waals surface area (Å²) in [5.74, 6) is -0.0686. The minimum Gasteiger partial charge on any atom is -0.354 e. The third-order valence-electron chi connectivity index (χ3n) is 4.07. The average molecular weight is 357 g/mol. The number of hydrogen-bond acceptors (Lipinski definition) is 5. The number of hydrogen-bond donors (Lipinski definition) is 1.